The highest BCUT2D eigenvalue weighted by atomic mass is 35.5. The van der Waals surface area contributed by atoms with E-state index in [0.29, 0.717) is 30.6 Å². The van der Waals surface area contributed by atoms with E-state index in [1.807, 2.05) is 11.8 Å². The largest absolute Gasteiger partial charge is 0.380 e. The Kier molecular flexibility index (Phi) is 6.15. The molecule has 0 spiro atoms. The molecule has 5 nitrogen and oxygen atoms in total. The lowest BCUT2D eigenvalue weighted by Gasteiger charge is -2.23. The van der Waals surface area contributed by atoms with Gasteiger partial charge in [0.15, 0.2) is 5.15 Å². The zero-order chi connectivity index (χ0) is 13.5. The molecule has 0 amide bonds. The van der Waals surface area contributed by atoms with Crippen LogP contribution < -0.4 is 10.5 Å². The van der Waals surface area contributed by atoms with E-state index in [9.17, 15) is 4.79 Å². The molecule has 102 valence electrons. The summed E-state index contributed by atoms with van der Waals surface area (Å²) < 4.78 is 6.60. The van der Waals surface area contributed by atoms with Gasteiger partial charge in [0, 0.05) is 32.8 Å². The molecule has 0 aliphatic rings. The fourth-order valence-electron chi connectivity index (χ4n) is 1.73. The summed E-state index contributed by atoms with van der Waals surface area (Å²) in [7, 11) is 1.60. The molecule has 0 saturated carbocycles. The van der Waals surface area contributed by atoms with E-state index in [0.717, 1.165) is 13.0 Å². The molecule has 6 heteroatoms. The standard InChI is InChI=1S/C12H20ClN3O2/c1-4-6-16(7-8-18-5-2)10-9-11(13)14-15(3)12(10)17/h9H,4-8H2,1-3H3. The Labute approximate surface area is 112 Å². The monoisotopic (exact) mass is 273 g/mol. The SMILES string of the molecule is CCCN(CCOCC)c1cc(Cl)nn(C)c1=O. The average Bonchev–Trinajstić information content (AvgIpc) is 2.33. The van der Waals surface area contributed by atoms with Gasteiger partial charge in [-0.05, 0) is 13.3 Å². The number of hydrogen-bond donors (Lipinski definition) is 0. The predicted molar refractivity (Wildman–Crippen MR) is 73.5 cm³/mol. The minimum Gasteiger partial charge on any atom is -0.380 e. The van der Waals surface area contributed by atoms with Crippen molar-refractivity contribution in [3.05, 3.63) is 21.6 Å². The van der Waals surface area contributed by atoms with Gasteiger partial charge >= 0.3 is 0 Å². The van der Waals surface area contributed by atoms with Crippen molar-refractivity contribution < 1.29 is 4.74 Å². The Balaban J connectivity index is 2.94. The van der Waals surface area contributed by atoms with E-state index in [2.05, 4.69) is 12.0 Å². The Hall–Kier alpha value is -1.07. The molecule has 0 atom stereocenters. The molecular weight excluding hydrogens is 254 g/mol. The molecule has 1 heterocycles. The zero-order valence-corrected chi connectivity index (χ0v) is 11.9. The van der Waals surface area contributed by atoms with Gasteiger partial charge in [-0.3, -0.25) is 4.79 Å². The summed E-state index contributed by atoms with van der Waals surface area (Å²) >= 11 is 5.90. The average molecular weight is 274 g/mol. The predicted octanol–water partition coefficient (Wildman–Crippen LogP) is 1.69. The second kappa shape index (κ2) is 7.38. The van der Waals surface area contributed by atoms with Crippen molar-refractivity contribution in [2.75, 3.05) is 31.2 Å². The summed E-state index contributed by atoms with van der Waals surface area (Å²) in [5.41, 5.74) is 0.448. The molecule has 0 radical (unpaired) electrons. The van der Waals surface area contributed by atoms with Crippen LogP contribution in [0.25, 0.3) is 0 Å². The first-order valence-electron chi connectivity index (χ1n) is 6.16. The quantitative estimate of drug-likeness (QED) is 0.710. The molecule has 0 aromatic carbocycles. The van der Waals surface area contributed by atoms with Crippen LogP contribution in [0.3, 0.4) is 0 Å². The highest BCUT2D eigenvalue weighted by Gasteiger charge is 2.12. The smallest absolute Gasteiger partial charge is 0.290 e. The van der Waals surface area contributed by atoms with Crippen LogP contribution in [0.5, 0.6) is 0 Å². The summed E-state index contributed by atoms with van der Waals surface area (Å²) in [4.78, 5) is 14.0. The molecule has 0 saturated heterocycles. The van der Waals surface area contributed by atoms with E-state index < -0.39 is 0 Å². The van der Waals surface area contributed by atoms with Gasteiger partial charge in [0.25, 0.3) is 5.56 Å². The van der Waals surface area contributed by atoms with Crippen molar-refractivity contribution in [2.24, 2.45) is 7.05 Å². The molecule has 18 heavy (non-hydrogen) atoms. The molecule has 0 bridgehead atoms. The summed E-state index contributed by atoms with van der Waals surface area (Å²) in [5, 5.41) is 4.21. The van der Waals surface area contributed by atoms with Crippen LogP contribution in [-0.4, -0.2) is 36.1 Å². The number of nitrogens with zero attached hydrogens (tertiary/aromatic N) is 3. The minimum absolute atomic E-state index is 0.135. The third kappa shape index (κ3) is 3.99. The molecule has 0 unspecified atom stereocenters. The van der Waals surface area contributed by atoms with Gasteiger partial charge in [0.1, 0.15) is 5.69 Å². The normalized spacial score (nSPS) is 10.7. The van der Waals surface area contributed by atoms with Crippen LogP contribution in [0.2, 0.25) is 5.15 Å². The third-order valence-corrected chi connectivity index (χ3v) is 2.74. The highest BCUT2D eigenvalue weighted by molar-refractivity contribution is 6.29. The fourth-order valence-corrected chi connectivity index (χ4v) is 1.94. The Morgan fingerprint density at radius 3 is 2.78 bits per heavy atom. The van der Waals surface area contributed by atoms with Gasteiger partial charge < -0.3 is 9.64 Å². The summed E-state index contributed by atoms with van der Waals surface area (Å²) in [6.07, 6.45) is 0.954. The third-order valence-electron chi connectivity index (χ3n) is 2.56. The fraction of sp³-hybridized carbons (Fsp3) is 0.667. The molecule has 1 aromatic rings. The summed E-state index contributed by atoms with van der Waals surface area (Å²) in [6.45, 7) is 6.77. The van der Waals surface area contributed by atoms with Gasteiger partial charge in [-0.2, -0.15) is 5.10 Å². The number of aromatic nitrogens is 2. The Bertz CT molecular complexity index is 434. The number of ether oxygens (including phenoxy) is 1. The lowest BCUT2D eigenvalue weighted by atomic mass is 10.3. The van der Waals surface area contributed by atoms with Crippen LogP contribution in [0.4, 0.5) is 5.69 Å². The maximum atomic E-state index is 12.0. The molecule has 0 aliphatic heterocycles. The van der Waals surface area contributed by atoms with E-state index in [4.69, 9.17) is 16.3 Å². The highest BCUT2D eigenvalue weighted by Crippen LogP contribution is 2.13. The molecule has 0 N–H and O–H groups in total. The molecule has 0 aliphatic carbocycles. The van der Waals surface area contributed by atoms with Crippen molar-refractivity contribution in [2.45, 2.75) is 20.3 Å². The lowest BCUT2D eigenvalue weighted by molar-refractivity contribution is 0.153. The molecular formula is C12H20ClN3O2. The van der Waals surface area contributed by atoms with Crippen molar-refractivity contribution in [3.63, 3.8) is 0 Å². The van der Waals surface area contributed by atoms with Crippen LogP contribution in [0, 0.1) is 0 Å². The van der Waals surface area contributed by atoms with Crippen LogP contribution in [0.15, 0.2) is 10.9 Å². The molecule has 1 aromatic heterocycles. The summed E-state index contributed by atoms with van der Waals surface area (Å²) in [6, 6.07) is 1.62. The van der Waals surface area contributed by atoms with Crippen molar-refractivity contribution >= 4 is 17.3 Å². The minimum atomic E-state index is -0.135. The Morgan fingerprint density at radius 1 is 1.44 bits per heavy atom. The number of rotatable bonds is 7. The second-order valence-electron chi connectivity index (χ2n) is 3.97. The van der Waals surface area contributed by atoms with Crippen LogP contribution in [-0.2, 0) is 11.8 Å². The topological polar surface area (TPSA) is 47.4 Å². The second-order valence-corrected chi connectivity index (χ2v) is 4.35. The van der Waals surface area contributed by atoms with E-state index in [-0.39, 0.29) is 5.56 Å². The van der Waals surface area contributed by atoms with Gasteiger partial charge in [-0.1, -0.05) is 18.5 Å². The van der Waals surface area contributed by atoms with Crippen molar-refractivity contribution in [1.29, 1.82) is 0 Å². The zero-order valence-electron chi connectivity index (χ0n) is 11.1. The van der Waals surface area contributed by atoms with Crippen molar-refractivity contribution in [3.8, 4) is 0 Å². The first-order valence-corrected chi connectivity index (χ1v) is 6.54. The van der Waals surface area contributed by atoms with Gasteiger partial charge in [0.05, 0.1) is 6.61 Å². The number of halogens is 1. The van der Waals surface area contributed by atoms with Gasteiger partial charge in [-0.15, -0.1) is 0 Å². The van der Waals surface area contributed by atoms with Gasteiger partial charge in [0.2, 0.25) is 0 Å². The van der Waals surface area contributed by atoms with Crippen LogP contribution >= 0.6 is 11.6 Å². The maximum Gasteiger partial charge on any atom is 0.290 e. The van der Waals surface area contributed by atoms with Gasteiger partial charge in [-0.25, -0.2) is 4.68 Å². The first kappa shape index (κ1) is 15.0. The van der Waals surface area contributed by atoms with Crippen molar-refractivity contribution in [1.82, 2.24) is 9.78 Å². The lowest BCUT2D eigenvalue weighted by Crippen LogP contribution is -2.35. The molecule has 0 fully saturated rings. The number of hydrogen-bond acceptors (Lipinski definition) is 4. The van der Waals surface area contributed by atoms with E-state index >= 15 is 0 Å². The Morgan fingerprint density at radius 2 is 2.17 bits per heavy atom. The number of aryl methyl sites for hydroxylation is 1. The van der Waals surface area contributed by atoms with E-state index in [1.165, 1.54) is 4.68 Å². The maximum absolute atomic E-state index is 12.0. The van der Waals surface area contributed by atoms with Crippen LogP contribution in [0.1, 0.15) is 20.3 Å². The van der Waals surface area contributed by atoms with E-state index in [1.54, 1.807) is 13.1 Å². The molecule has 1 rings (SSSR count). The first-order chi connectivity index (χ1) is 8.60. The summed E-state index contributed by atoms with van der Waals surface area (Å²) in [5.74, 6) is 0. The number of anilines is 1.